The zero-order valence-corrected chi connectivity index (χ0v) is 13.2. The molecular formula is C17H23N3O2. The molecular weight excluding hydrogens is 278 g/mol. The lowest BCUT2D eigenvalue weighted by molar-refractivity contribution is -0.0321. The van der Waals surface area contributed by atoms with Crippen molar-refractivity contribution in [3.05, 3.63) is 35.9 Å². The number of nitriles is 1. The van der Waals surface area contributed by atoms with Crippen LogP contribution in [-0.4, -0.2) is 36.2 Å². The number of morpholine rings is 1. The van der Waals surface area contributed by atoms with Crippen LogP contribution < -0.4 is 5.32 Å². The Morgan fingerprint density at radius 3 is 2.86 bits per heavy atom. The summed E-state index contributed by atoms with van der Waals surface area (Å²) in [6.45, 7) is 5.10. The molecule has 0 bridgehead atoms. The summed E-state index contributed by atoms with van der Waals surface area (Å²) in [5, 5.41) is 11.9. The van der Waals surface area contributed by atoms with Crippen LogP contribution in [0.5, 0.6) is 0 Å². The number of ether oxygens (including phenoxy) is 1. The number of nitrogens with one attached hydrogen (secondary N) is 1. The summed E-state index contributed by atoms with van der Waals surface area (Å²) >= 11 is 0. The summed E-state index contributed by atoms with van der Waals surface area (Å²) in [5.41, 5.74) is 1.03. The minimum Gasteiger partial charge on any atom is -0.375 e. The van der Waals surface area contributed by atoms with Crippen LogP contribution in [0, 0.1) is 11.3 Å². The Morgan fingerprint density at radius 1 is 1.45 bits per heavy atom. The first-order valence-corrected chi connectivity index (χ1v) is 7.72. The van der Waals surface area contributed by atoms with Crippen LogP contribution in [-0.2, 0) is 4.74 Å². The van der Waals surface area contributed by atoms with Gasteiger partial charge in [0.2, 0.25) is 0 Å². The van der Waals surface area contributed by atoms with Gasteiger partial charge in [0.1, 0.15) is 0 Å². The van der Waals surface area contributed by atoms with Crippen LogP contribution in [0.2, 0.25) is 0 Å². The van der Waals surface area contributed by atoms with Gasteiger partial charge in [0.15, 0.2) is 0 Å². The highest BCUT2D eigenvalue weighted by molar-refractivity contribution is 5.75. The first-order chi connectivity index (χ1) is 10.6. The molecule has 1 saturated heterocycles. The highest BCUT2D eigenvalue weighted by Gasteiger charge is 2.28. The molecule has 0 aliphatic carbocycles. The largest absolute Gasteiger partial charge is 0.375 e. The van der Waals surface area contributed by atoms with Crippen LogP contribution >= 0.6 is 0 Å². The van der Waals surface area contributed by atoms with E-state index in [0.29, 0.717) is 26.0 Å². The number of carbonyl (C=O) groups is 1. The van der Waals surface area contributed by atoms with Gasteiger partial charge in [0.25, 0.3) is 0 Å². The Balaban J connectivity index is 2.06. The van der Waals surface area contributed by atoms with Crippen LogP contribution in [0.25, 0.3) is 0 Å². The molecule has 1 aromatic rings. The number of nitrogens with zero attached hydrogens (tertiary/aromatic N) is 2. The Labute approximate surface area is 131 Å². The molecule has 118 valence electrons. The van der Waals surface area contributed by atoms with E-state index in [1.165, 1.54) is 0 Å². The van der Waals surface area contributed by atoms with Gasteiger partial charge < -0.3 is 15.0 Å². The van der Waals surface area contributed by atoms with E-state index in [1.54, 1.807) is 0 Å². The molecule has 1 aliphatic heterocycles. The van der Waals surface area contributed by atoms with Crippen molar-refractivity contribution in [3.63, 3.8) is 0 Å². The topological polar surface area (TPSA) is 65.4 Å². The zero-order valence-electron chi connectivity index (χ0n) is 13.2. The van der Waals surface area contributed by atoms with Crippen molar-refractivity contribution in [2.24, 2.45) is 0 Å². The molecule has 2 rings (SSSR count). The molecule has 1 fully saturated rings. The van der Waals surface area contributed by atoms with Crippen LogP contribution in [0.15, 0.2) is 30.3 Å². The number of amides is 2. The number of benzene rings is 1. The first-order valence-electron chi connectivity index (χ1n) is 7.72. The molecule has 1 heterocycles. The van der Waals surface area contributed by atoms with E-state index in [-0.39, 0.29) is 24.2 Å². The smallest absolute Gasteiger partial charge is 0.318 e. The van der Waals surface area contributed by atoms with E-state index in [9.17, 15) is 4.79 Å². The third-order valence-electron chi connectivity index (χ3n) is 3.91. The van der Waals surface area contributed by atoms with Gasteiger partial charge in [-0.25, -0.2) is 4.79 Å². The van der Waals surface area contributed by atoms with Crippen LogP contribution in [0.3, 0.4) is 0 Å². The Hall–Kier alpha value is -2.06. The van der Waals surface area contributed by atoms with Gasteiger partial charge in [-0.1, -0.05) is 30.3 Å². The minimum atomic E-state index is -0.140. The molecule has 2 amide bonds. The van der Waals surface area contributed by atoms with E-state index >= 15 is 0 Å². The Kier molecular flexibility index (Phi) is 5.79. The maximum atomic E-state index is 12.6. The first kappa shape index (κ1) is 16.3. The van der Waals surface area contributed by atoms with Crippen molar-refractivity contribution in [3.8, 4) is 6.07 Å². The average molecular weight is 301 g/mol. The summed E-state index contributed by atoms with van der Waals surface area (Å²) in [5.74, 6) is 0. The van der Waals surface area contributed by atoms with E-state index in [2.05, 4.69) is 11.4 Å². The number of urea groups is 1. The second-order valence-corrected chi connectivity index (χ2v) is 5.75. The van der Waals surface area contributed by atoms with Gasteiger partial charge >= 0.3 is 6.03 Å². The monoisotopic (exact) mass is 301 g/mol. The second kappa shape index (κ2) is 7.81. The maximum Gasteiger partial charge on any atom is 0.318 e. The highest BCUT2D eigenvalue weighted by Crippen LogP contribution is 2.20. The van der Waals surface area contributed by atoms with Crippen molar-refractivity contribution in [2.45, 2.75) is 44.9 Å². The standard InChI is InChI=1S/C17H23N3O2/c1-13-12-22-14(2)11-20(13)17(21)19-16(9-6-10-18)15-7-4-3-5-8-15/h3-5,7-8,13-14,16H,6,9,11-12H2,1-2H3,(H,19,21)/t13-,14+,16-/m0/s1. The van der Waals surface area contributed by atoms with Crippen LogP contribution in [0.4, 0.5) is 4.79 Å². The minimum absolute atomic E-state index is 0.0521. The molecule has 1 aromatic carbocycles. The number of rotatable bonds is 4. The van der Waals surface area contributed by atoms with Crippen molar-refractivity contribution in [1.82, 2.24) is 10.2 Å². The number of hydrogen-bond acceptors (Lipinski definition) is 3. The number of carbonyl (C=O) groups excluding carboxylic acids is 1. The normalized spacial score (nSPS) is 22.7. The lowest BCUT2D eigenvalue weighted by atomic mass is 10.0. The molecule has 0 radical (unpaired) electrons. The second-order valence-electron chi connectivity index (χ2n) is 5.75. The van der Waals surface area contributed by atoms with E-state index < -0.39 is 0 Å². The molecule has 1 N–H and O–H groups in total. The lowest BCUT2D eigenvalue weighted by Crippen LogP contribution is -2.54. The van der Waals surface area contributed by atoms with E-state index in [4.69, 9.17) is 10.00 Å². The molecule has 5 nitrogen and oxygen atoms in total. The van der Waals surface area contributed by atoms with E-state index in [0.717, 1.165) is 5.56 Å². The molecule has 0 saturated carbocycles. The average Bonchev–Trinajstić information content (AvgIpc) is 2.54. The summed E-state index contributed by atoms with van der Waals surface area (Å²) < 4.78 is 5.56. The molecule has 0 unspecified atom stereocenters. The fraction of sp³-hybridized carbons (Fsp3) is 0.529. The quantitative estimate of drug-likeness (QED) is 0.930. The van der Waals surface area contributed by atoms with Gasteiger partial charge in [0.05, 0.1) is 30.9 Å². The van der Waals surface area contributed by atoms with Crippen molar-refractivity contribution < 1.29 is 9.53 Å². The molecule has 0 aromatic heterocycles. The molecule has 3 atom stereocenters. The third kappa shape index (κ3) is 4.22. The highest BCUT2D eigenvalue weighted by atomic mass is 16.5. The lowest BCUT2D eigenvalue weighted by Gasteiger charge is -2.37. The van der Waals surface area contributed by atoms with Crippen molar-refractivity contribution in [1.29, 1.82) is 5.26 Å². The predicted molar refractivity (Wildman–Crippen MR) is 84.1 cm³/mol. The van der Waals surface area contributed by atoms with Gasteiger partial charge in [-0.3, -0.25) is 0 Å². The Bertz CT molecular complexity index is 526. The Morgan fingerprint density at radius 2 is 2.18 bits per heavy atom. The van der Waals surface area contributed by atoms with E-state index in [1.807, 2.05) is 49.1 Å². The summed E-state index contributed by atoms with van der Waals surface area (Å²) in [4.78, 5) is 14.4. The zero-order chi connectivity index (χ0) is 15.9. The fourth-order valence-electron chi connectivity index (χ4n) is 2.63. The van der Waals surface area contributed by atoms with Crippen molar-refractivity contribution >= 4 is 6.03 Å². The molecule has 5 heteroatoms. The van der Waals surface area contributed by atoms with Gasteiger partial charge in [-0.15, -0.1) is 0 Å². The molecule has 22 heavy (non-hydrogen) atoms. The van der Waals surface area contributed by atoms with Crippen LogP contribution in [0.1, 0.15) is 38.3 Å². The molecule has 0 spiro atoms. The SMILES string of the molecule is C[C@@H]1CN(C(=O)N[C@@H](CCC#N)c2ccccc2)[C@@H](C)CO1. The summed E-state index contributed by atoms with van der Waals surface area (Å²) in [6, 6.07) is 11.8. The fourth-order valence-corrected chi connectivity index (χ4v) is 2.63. The maximum absolute atomic E-state index is 12.6. The summed E-state index contributed by atoms with van der Waals surface area (Å²) in [6.07, 6.45) is 1.08. The predicted octanol–water partition coefficient (Wildman–Crippen LogP) is 2.85. The third-order valence-corrected chi connectivity index (χ3v) is 3.91. The van der Waals surface area contributed by atoms with Gasteiger partial charge in [0, 0.05) is 13.0 Å². The van der Waals surface area contributed by atoms with Gasteiger partial charge in [-0.05, 0) is 25.8 Å². The molecule has 1 aliphatic rings. The van der Waals surface area contributed by atoms with Crippen molar-refractivity contribution in [2.75, 3.05) is 13.2 Å². The summed E-state index contributed by atoms with van der Waals surface area (Å²) in [7, 11) is 0. The van der Waals surface area contributed by atoms with Gasteiger partial charge in [-0.2, -0.15) is 5.26 Å². The number of hydrogen-bond donors (Lipinski definition) is 1.